The van der Waals surface area contributed by atoms with Gasteiger partial charge in [0.25, 0.3) is 5.56 Å². The molecule has 9 heteroatoms. The first-order valence-electron chi connectivity index (χ1n) is 5.99. The first-order chi connectivity index (χ1) is 9.36. The number of aromatic nitrogens is 4. The summed E-state index contributed by atoms with van der Waals surface area (Å²) in [6.45, 7) is 1.93. The Morgan fingerprint density at radius 1 is 1.35 bits per heavy atom. The van der Waals surface area contributed by atoms with E-state index in [0.717, 1.165) is 4.57 Å². The second-order valence-corrected chi connectivity index (χ2v) is 4.37. The molecule has 20 heavy (non-hydrogen) atoms. The molecule has 9 nitrogen and oxygen atoms in total. The number of imidazole rings is 1. The van der Waals surface area contributed by atoms with Gasteiger partial charge in [-0.3, -0.25) is 18.7 Å². The van der Waals surface area contributed by atoms with E-state index < -0.39 is 17.2 Å². The Morgan fingerprint density at radius 3 is 2.55 bits per heavy atom. The van der Waals surface area contributed by atoms with Crippen molar-refractivity contribution in [2.75, 3.05) is 18.0 Å². The van der Waals surface area contributed by atoms with Gasteiger partial charge in [0, 0.05) is 20.6 Å². The molecule has 0 spiro atoms. The quantitative estimate of drug-likeness (QED) is 0.733. The van der Waals surface area contributed by atoms with E-state index in [9.17, 15) is 14.4 Å². The van der Waals surface area contributed by atoms with E-state index in [-0.39, 0.29) is 23.7 Å². The van der Waals surface area contributed by atoms with Crippen LogP contribution in [0.5, 0.6) is 0 Å². The van der Waals surface area contributed by atoms with Crippen LogP contribution in [-0.4, -0.2) is 43.3 Å². The molecular weight excluding hydrogens is 266 g/mol. The number of anilines is 1. The van der Waals surface area contributed by atoms with Gasteiger partial charge in [0.15, 0.2) is 11.2 Å². The summed E-state index contributed by atoms with van der Waals surface area (Å²) in [5.74, 6) is -0.753. The molecule has 2 rings (SSSR count). The maximum absolute atomic E-state index is 12.0. The van der Waals surface area contributed by atoms with Gasteiger partial charge in [0.1, 0.15) is 6.54 Å². The highest BCUT2D eigenvalue weighted by Crippen LogP contribution is 2.12. The molecule has 0 amide bonds. The monoisotopic (exact) mass is 281 g/mol. The summed E-state index contributed by atoms with van der Waals surface area (Å²) < 4.78 is 2.21. The van der Waals surface area contributed by atoms with Gasteiger partial charge in [0.05, 0.1) is 0 Å². The third kappa shape index (κ3) is 2.06. The first-order valence-corrected chi connectivity index (χ1v) is 5.99. The Morgan fingerprint density at radius 2 is 2.00 bits per heavy atom. The van der Waals surface area contributed by atoms with E-state index in [1.54, 1.807) is 6.92 Å². The summed E-state index contributed by atoms with van der Waals surface area (Å²) >= 11 is 0. The number of fused-ring (bicyclic) bond motifs is 1. The minimum absolute atomic E-state index is 0.174. The van der Waals surface area contributed by atoms with E-state index in [2.05, 4.69) is 9.97 Å². The number of nitrogens with one attached hydrogen (secondary N) is 1. The Hall–Kier alpha value is -2.58. The second kappa shape index (κ2) is 4.83. The molecule has 0 aromatic carbocycles. The summed E-state index contributed by atoms with van der Waals surface area (Å²) in [6.07, 6.45) is 0. The molecule has 0 saturated carbocycles. The molecule has 2 N–H and O–H groups in total. The molecule has 0 aliphatic carbocycles. The molecule has 0 radical (unpaired) electrons. The molecule has 0 saturated heterocycles. The lowest BCUT2D eigenvalue weighted by Crippen LogP contribution is -2.36. The number of nitrogens with zero attached hydrogens (tertiary/aromatic N) is 4. The van der Waals surface area contributed by atoms with Crippen LogP contribution in [0.2, 0.25) is 0 Å². The number of H-pyrrole nitrogens is 1. The SMILES string of the molecule is CCN(CC(=O)O)c1nc2c([nH]1)c(=O)n(C)c(=O)n2C. The highest BCUT2D eigenvalue weighted by atomic mass is 16.4. The molecule has 0 aliphatic rings. The molecule has 0 fully saturated rings. The van der Waals surface area contributed by atoms with Crippen molar-refractivity contribution in [1.82, 2.24) is 19.1 Å². The standard InChI is InChI=1S/C11H15N5O4/c1-4-16(5-6(17)18)10-12-7-8(13-10)14(2)11(20)15(3)9(7)19/h4-5H2,1-3H3,(H,12,13)(H,17,18). The average molecular weight is 281 g/mol. The Balaban J connectivity index is 2.68. The number of carboxylic acids is 1. The number of likely N-dealkylation sites (N-methyl/N-ethyl adjacent to an activating group) is 1. The number of hydrogen-bond donors (Lipinski definition) is 2. The van der Waals surface area contributed by atoms with Gasteiger partial charge in [0.2, 0.25) is 5.95 Å². The van der Waals surface area contributed by atoms with Crippen LogP contribution in [0.1, 0.15) is 6.92 Å². The first kappa shape index (κ1) is 13.8. The van der Waals surface area contributed by atoms with E-state index in [1.165, 1.54) is 23.6 Å². The number of carboxylic acid groups (broad SMARTS) is 1. The van der Waals surface area contributed by atoms with Crippen molar-refractivity contribution in [2.45, 2.75) is 6.92 Å². The van der Waals surface area contributed by atoms with Crippen LogP contribution in [0, 0.1) is 0 Å². The third-order valence-electron chi connectivity index (χ3n) is 3.09. The molecule has 2 aromatic heterocycles. The van der Waals surface area contributed by atoms with Gasteiger partial charge in [-0.2, -0.15) is 4.98 Å². The maximum atomic E-state index is 12.0. The molecule has 108 valence electrons. The van der Waals surface area contributed by atoms with Crippen molar-refractivity contribution in [3.05, 3.63) is 20.8 Å². The minimum atomic E-state index is -1.01. The Bertz CT molecular complexity index is 784. The lowest BCUT2D eigenvalue weighted by atomic mass is 10.5. The molecular formula is C11H15N5O4. The van der Waals surface area contributed by atoms with Crippen LogP contribution in [0.4, 0.5) is 5.95 Å². The fourth-order valence-corrected chi connectivity index (χ4v) is 1.96. The van der Waals surface area contributed by atoms with Gasteiger partial charge < -0.3 is 15.0 Å². The van der Waals surface area contributed by atoms with E-state index in [0.29, 0.717) is 6.54 Å². The van der Waals surface area contributed by atoms with Gasteiger partial charge >= 0.3 is 11.7 Å². The highest BCUT2D eigenvalue weighted by Gasteiger charge is 2.17. The Kier molecular flexibility index (Phi) is 3.35. The predicted molar refractivity (Wildman–Crippen MR) is 72.1 cm³/mol. The van der Waals surface area contributed by atoms with Crippen LogP contribution in [0.15, 0.2) is 9.59 Å². The number of rotatable bonds is 4. The zero-order chi connectivity index (χ0) is 15.0. The molecule has 0 unspecified atom stereocenters. The lowest BCUT2D eigenvalue weighted by molar-refractivity contribution is -0.135. The summed E-state index contributed by atoms with van der Waals surface area (Å²) in [5, 5.41) is 8.84. The maximum Gasteiger partial charge on any atom is 0.332 e. The molecule has 0 bridgehead atoms. The minimum Gasteiger partial charge on any atom is -0.480 e. The van der Waals surface area contributed by atoms with Crippen molar-refractivity contribution < 1.29 is 9.90 Å². The number of aromatic amines is 1. The van der Waals surface area contributed by atoms with E-state index in [4.69, 9.17) is 5.11 Å². The predicted octanol–water partition coefficient (Wildman–Crippen LogP) is -1.13. The Labute approximate surface area is 113 Å². The van der Waals surface area contributed by atoms with Gasteiger partial charge in [-0.1, -0.05) is 0 Å². The van der Waals surface area contributed by atoms with Crippen molar-refractivity contribution in [3.8, 4) is 0 Å². The third-order valence-corrected chi connectivity index (χ3v) is 3.09. The van der Waals surface area contributed by atoms with E-state index in [1.807, 2.05) is 0 Å². The van der Waals surface area contributed by atoms with Gasteiger partial charge in [-0.25, -0.2) is 4.79 Å². The summed E-state index contributed by atoms with van der Waals surface area (Å²) in [6, 6.07) is 0. The molecule has 2 heterocycles. The normalized spacial score (nSPS) is 10.9. The number of hydrogen-bond acceptors (Lipinski definition) is 5. The number of aryl methyl sites for hydroxylation is 1. The summed E-state index contributed by atoms with van der Waals surface area (Å²) in [5.41, 5.74) is -0.597. The van der Waals surface area contributed by atoms with Crippen molar-refractivity contribution in [1.29, 1.82) is 0 Å². The fraction of sp³-hybridized carbons (Fsp3) is 0.455. The van der Waals surface area contributed by atoms with Crippen LogP contribution >= 0.6 is 0 Å². The average Bonchev–Trinajstić information content (AvgIpc) is 2.85. The summed E-state index contributed by atoms with van der Waals surface area (Å²) in [7, 11) is 2.88. The van der Waals surface area contributed by atoms with Crippen molar-refractivity contribution in [3.63, 3.8) is 0 Å². The smallest absolute Gasteiger partial charge is 0.332 e. The molecule has 0 atom stereocenters. The number of aliphatic carboxylic acids is 1. The lowest BCUT2D eigenvalue weighted by Gasteiger charge is -2.16. The highest BCUT2D eigenvalue weighted by molar-refractivity contribution is 5.76. The van der Waals surface area contributed by atoms with Crippen LogP contribution < -0.4 is 16.1 Å². The molecule has 0 aliphatic heterocycles. The van der Waals surface area contributed by atoms with Crippen molar-refractivity contribution >= 4 is 23.1 Å². The van der Waals surface area contributed by atoms with Crippen LogP contribution in [-0.2, 0) is 18.9 Å². The molecule has 2 aromatic rings. The zero-order valence-corrected chi connectivity index (χ0v) is 11.4. The second-order valence-electron chi connectivity index (χ2n) is 4.37. The van der Waals surface area contributed by atoms with E-state index >= 15 is 0 Å². The fourth-order valence-electron chi connectivity index (χ4n) is 1.96. The number of carbonyl (C=O) groups is 1. The van der Waals surface area contributed by atoms with Gasteiger partial charge in [-0.05, 0) is 6.92 Å². The van der Waals surface area contributed by atoms with Crippen molar-refractivity contribution in [2.24, 2.45) is 14.1 Å². The topological polar surface area (TPSA) is 113 Å². The largest absolute Gasteiger partial charge is 0.480 e. The zero-order valence-electron chi connectivity index (χ0n) is 11.4. The van der Waals surface area contributed by atoms with Crippen LogP contribution in [0.3, 0.4) is 0 Å². The summed E-state index contributed by atoms with van der Waals surface area (Å²) in [4.78, 5) is 43.0. The van der Waals surface area contributed by atoms with Gasteiger partial charge in [-0.15, -0.1) is 0 Å². The van der Waals surface area contributed by atoms with Crippen LogP contribution in [0.25, 0.3) is 11.2 Å².